The van der Waals surface area contributed by atoms with Crippen LogP contribution >= 0.6 is 36.2 Å². The van der Waals surface area contributed by atoms with Gasteiger partial charge in [0, 0.05) is 41.3 Å². The molecule has 4 atom stereocenters. The van der Waals surface area contributed by atoms with Crippen molar-refractivity contribution in [1.29, 1.82) is 0 Å². The number of nitrogens with zero attached hydrogens (tertiary/aromatic N) is 2. The Morgan fingerprint density at radius 1 is 1.22 bits per heavy atom. The monoisotopic (exact) mass is 622 g/mol. The molecule has 1 aliphatic heterocycles. The summed E-state index contributed by atoms with van der Waals surface area (Å²) in [6, 6.07) is 5.29. The number of thiazole rings is 1. The van der Waals surface area contributed by atoms with E-state index in [9.17, 15) is 9.59 Å². The SMILES string of the molecule is C=C[C@@H]1C[C@]1(NC(=O)[C@@H]1C[C@@H](Oc2cc(-c3nc(C(C)C)cs3)nc3c(C)c(OC)ccc23)CN1)C(=O)OC.Cl.Cl. The van der Waals surface area contributed by atoms with E-state index in [1.807, 2.05) is 25.1 Å². The Morgan fingerprint density at radius 2 is 1.98 bits per heavy atom. The lowest BCUT2D eigenvalue weighted by molar-refractivity contribution is -0.147. The molecule has 2 N–H and O–H groups in total. The molecule has 1 aliphatic carbocycles. The van der Waals surface area contributed by atoms with E-state index in [1.165, 1.54) is 7.11 Å². The van der Waals surface area contributed by atoms with E-state index >= 15 is 0 Å². The number of esters is 1. The van der Waals surface area contributed by atoms with Gasteiger partial charge >= 0.3 is 5.97 Å². The highest BCUT2D eigenvalue weighted by atomic mass is 35.5. The van der Waals surface area contributed by atoms with Crippen molar-refractivity contribution in [2.75, 3.05) is 20.8 Å². The average molecular weight is 624 g/mol. The highest BCUT2D eigenvalue weighted by Gasteiger charge is 2.61. The quantitative estimate of drug-likeness (QED) is 0.254. The Labute approximate surface area is 256 Å². The van der Waals surface area contributed by atoms with Crippen LogP contribution in [-0.2, 0) is 14.3 Å². The minimum absolute atomic E-state index is 0. The summed E-state index contributed by atoms with van der Waals surface area (Å²) in [4.78, 5) is 35.2. The van der Waals surface area contributed by atoms with Crippen LogP contribution in [0.3, 0.4) is 0 Å². The van der Waals surface area contributed by atoms with Gasteiger partial charge in [-0.25, -0.2) is 14.8 Å². The lowest BCUT2D eigenvalue weighted by Crippen LogP contribution is -2.51. The maximum atomic E-state index is 13.1. The van der Waals surface area contributed by atoms with Gasteiger partial charge in [-0.2, -0.15) is 0 Å². The summed E-state index contributed by atoms with van der Waals surface area (Å²) in [7, 11) is 2.97. The number of nitrogens with one attached hydrogen (secondary N) is 2. The molecule has 2 aliphatic rings. The molecule has 0 unspecified atom stereocenters. The highest BCUT2D eigenvalue weighted by molar-refractivity contribution is 7.13. The number of benzene rings is 1. The lowest BCUT2D eigenvalue weighted by Gasteiger charge is -2.19. The minimum atomic E-state index is -1.02. The van der Waals surface area contributed by atoms with Gasteiger partial charge in [0.1, 0.15) is 33.8 Å². The first-order valence-electron chi connectivity index (χ1n) is 13.1. The van der Waals surface area contributed by atoms with Gasteiger partial charge in [-0.05, 0) is 31.4 Å². The summed E-state index contributed by atoms with van der Waals surface area (Å²) >= 11 is 1.56. The zero-order valence-corrected chi connectivity index (χ0v) is 26.1. The molecular weight excluding hydrogens is 587 g/mol. The number of methoxy groups -OCH3 is 2. The van der Waals surface area contributed by atoms with Crippen molar-refractivity contribution in [2.24, 2.45) is 5.92 Å². The second-order valence-corrected chi connectivity index (χ2v) is 11.3. The van der Waals surface area contributed by atoms with E-state index in [1.54, 1.807) is 24.5 Å². The first-order valence-corrected chi connectivity index (χ1v) is 14.0. The van der Waals surface area contributed by atoms with E-state index in [4.69, 9.17) is 24.2 Å². The predicted octanol–water partition coefficient (Wildman–Crippen LogP) is 4.99. The third kappa shape index (κ3) is 6.16. The van der Waals surface area contributed by atoms with E-state index in [-0.39, 0.29) is 42.7 Å². The molecule has 0 radical (unpaired) electrons. The summed E-state index contributed by atoms with van der Waals surface area (Å²) in [5, 5.41) is 9.90. The number of aromatic nitrogens is 2. The van der Waals surface area contributed by atoms with Crippen LogP contribution in [0.25, 0.3) is 21.6 Å². The normalized spacial score (nSPS) is 22.8. The number of hydrogen-bond acceptors (Lipinski definition) is 9. The average Bonchev–Trinajstić information content (AvgIpc) is 3.26. The molecule has 12 heteroatoms. The molecule has 0 bridgehead atoms. The van der Waals surface area contributed by atoms with Crippen LogP contribution in [0.5, 0.6) is 11.5 Å². The van der Waals surface area contributed by atoms with Crippen molar-refractivity contribution < 1.29 is 23.8 Å². The van der Waals surface area contributed by atoms with Gasteiger partial charge < -0.3 is 24.8 Å². The summed E-state index contributed by atoms with van der Waals surface area (Å²) in [5.74, 6) is 0.908. The van der Waals surface area contributed by atoms with Gasteiger partial charge in [-0.1, -0.05) is 19.9 Å². The maximum absolute atomic E-state index is 13.1. The molecule has 41 heavy (non-hydrogen) atoms. The Bertz CT molecular complexity index is 1450. The van der Waals surface area contributed by atoms with Gasteiger partial charge in [0.05, 0.1) is 31.5 Å². The summed E-state index contributed by atoms with van der Waals surface area (Å²) in [5.41, 5.74) is 2.43. The fourth-order valence-electron chi connectivity index (χ4n) is 5.14. The number of aryl methyl sites for hydroxylation is 1. The number of carbonyl (C=O) groups is 2. The molecule has 3 aromatic rings. The fourth-order valence-corrected chi connectivity index (χ4v) is 6.08. The van der Waals surface area contributed by atoms with E-state index in [2.05, 4.69) is 36.4 Å². The largest absolute Gasteiger partial charge is 0.496 e. The van der Waals surface area contributed by atoms with Crippen LogP contribution in [0.1, 0.15) is 43.9 Å². The number of pyridine rings is 1. The molecule has 2 aromatic heterocycles. The van der Waals surface area contributed by atoms with Crippen LogP contribution in [0, 0.1) is 12.8 Å². The molecule has 222 valence electrons. The van der Waals surface area contributed by atoms with Gasteiger partial charge in [-0.3, -0.25) is 4.79 Å². The molecule has 1 saturated carbocycles. The second kappa shape index (κ2) is 12.9. The molecule has 2 fully saturated rings. The second-order valence-electron chi connectivity index (χ2n) is 10.5. The topological polar surface area (TPSA) is 112 Å². The van der Waals surface area contributed by atoms with Crippen molar-refractivity contribution in [3.63, 3.8) is 0 Å². The number of amides is 1. The number of halogens is 2. The smallest absolute Gasteiger partial charge is 0.332 e. The fraction of sp³-hybridized carbons (Fsp3) is 0.448. The van der Waals surface area contributed by atoms with E-state index in [0.29, 0.717) is 31.1 Å². The zero-order valence-electron chi connectivity index (χ0n) is 23.7. The van der Waals surface area contributed by atoms with Crippen LogP contribution in [0.15, 0.2) is 36.2 Å². The summed E-state index contributed by atoms with van der Waals surface area (Å²) in [6.45, 7) is 10.5. The van der Waals surface area contributed by atoms with Crippen LogP contribution in [0.4, 0.5) is 0 Å². The molecule has 9 nitrogen and oxygen atoms in total. The van der Waals surface area contributed by atoms with Crippen molar-refractivity contribution in [2.45, 2.75) is 57.2 Å². The van der Waals surface area contributed by atoms with Crippen molar-refractivity contribution >= 4 is 58.9 Å². The van der Waals surface area contributed by atoms with E-state index in [0.717, 1.165) is 38.6 Å². The number of fused-ring (bicyclic) bond motifs is 1. The Morgan fingerprint density at radius 3 is 2.59 bits per heavy atom. The summed E-state index contributed by atoms with van der Waals surface area (Å²) < 4.78 is 17.0. The van der Waals surface area contributed by atoms with Crippen LogP contribution in [0.2, 0.25) is 0 Å². The van der Waals surface area contributed by atoms with Crippen molar-refractivity contribution in [3.05, 3.63) is 47.5 Å². The highest BCUT2D eigenvalue weighted by Crippen LogP contribution is 2.45. The Balaban J connectivity index is 0.00000231. The third-order valence-corrected chi connectivity index (χ3v) is 8.48. The Hall–Kier alpha value is -2.92. The standard InChI is InChI=1S/C29H34N4O5S.2ClH/c1-7-17-12-29(17,28(35)37-6)33-26(34)20-10-18(13-30-20)38-24-11-21(27-32-22(14-39-27)15(2)3)31-25-16(4)23(36-5)9-8-19(24)25;;/h7-9,11,14-15,17-18,20,30H,1,10,12-13H2,2-6H3,(H,33,34);2*1H/t17-,18-,20+,29-;;/m1../s1. The van der Waals surface area contributed by atoms with Gasteiger partial charge in [-0.15, -0.1) is 42.7 Å². The van der Waals surface area contributed by atoms with Crippen LogP contribution < -0.4 is 20.1 Å². The minimum Gasteiger partial charge on any atom is -0.496 e. The van der Waals surface area contributed by atoms with Crippen molar-refractivity contribution in [1.82, 2.24) is 20.6 Å². The Kier molecular flexibility index (Phi) is 10.3. The predicted molar refractivity (Wildman–Crippen MR) is 165 cm³/mol. The number of carbonyl (C=O) groups excluding carboxylic acids is 2. The molecule has 5 rings (SSSR count). The van der Waals surface area contributed by atoms with Gasteiger partial charge in [0.15, 0.2) is 0 Å². The summed E-state index contributed by atoms with van der Waals surface area (Å²) in [6.07, 6.45) is 2.37. The molecule has 1 aromatic carbocycles. The van der Waals surface area contributed by atoms with Crippen molar-refractivity contribution in [3.8, 4) is 22.2 Å². The molecule has 3 heterocycles. The lowest BCUT2D eigenvalue weighted by atomic mass is 10.1. The number of hydrogen-bond donors (Lipinski definition) is 2. The molecule has 1 saturated heterocycles. The maximum Gasteiger partial charge on any atom is 0.332 e. The van der Waals surface area contributed by atoms with Crippen LogP contribution in [-0.4, -0.2) is 60.3 Å². The molecular formula is C29H36Cl2N4O5S. The number of rotatable bonds is 9. The van der Waals surface area contributed by atoms with Gasteiger partial charge in [0.2, 0.25) is 5.91 Å². The number of ether oxygens (including phenoxy) is 3. The first kappa shape index (κ1) is 32.6. The molecule has 1 amide bonds. The third-order valence-electron chi connectivity index (χ3n) is 7.60. The van der Waals surface area contributed by atoms with Gasteiger partial charge in [0.25, 0.3) is 0 Å². The van der Waals surface area contributed by atoms with E-state index < -0.39 is 17.6 Å². The zero-order chi connectivity index (χ0) is 27.9. The molecule has 0 spiro atoms. The first-order chi connectivity index (χ1) is 18.7.